The monoisotopic (exact) mass is 428 g/mol. The molecule has 0 heterocycles. The lowest BCUT2D eigenvalue weighted by Gasteiger charge is -2.35. The first-order valence-electron chi connectivity index (χ1n) is 9.61. The molecule has 0 aromatic heterocycles. The standard InChI is InChI=1S/C20H29ClN2O4S/c1-13-5-4-6-17(14(13)2)22-20(25)18(11-12-28(3,26)27)23-19(24)15-7-9-16(21)10-8-15/h7-10,13-14,17-18H,4-6,11-12H2,1-3H3,(H,22,25)(H,23,24). The van der Waals surface area contributed by atoms with Crippen LogP contribution in [-0.4, -0.2) is 44.3 Å². The fraction of sp³-hybridized carbons (Fsp3) is 0.600. The number of sulfone groups is 1. The number of hydrogen-bond acceptors (Lipinski definition) is 4. The average molecular weight is 429 g/mol. The number of carbonyl (C=O) groups excluding carboxylic acids is 2. The summed E-state index contributed by atoms with van der Waals surface area (Å²) < 4.78 is 23.2. The molecule has 156 valence electrons. The topological polar surface area (TPSA) is 92.3 Å². The molecule has 4 atom stereocenters. The Bertz CT molecular complexity index is 795. The zero-order valence-electron chi connectivity index (χ0n) is 16.6. The van der Waals surface area contributed by atoms with Crippen LogP contribution in [-0.2, 0) is 14.6 Å². The number of halogens is 1. The minimum Gasteiger partial charge on any atom is -0.351 e. The molecule has 1 saturated carbocycles. The van der Waals surface area contributed by atoms with Gasteiger partial charge in [0.2, 0.25) is 5.91 Å². The molecule has 6 nitrogen and oxygen atoms in total. The summed E-state index contributed by atoms with van der Waals surface area (Å²) in [6, 6.07) is 5.43. The fourth-order valence-corrected chi connectivity index (χ4v) is 4.30. The van der Waals surface area contributed by atoms with Crippen LogP contribution in [0, 0.1) is 11.8 Å². The summed E-state index contributed by atoms with van der Waals surface area (Å²) in [6.07, 6.45) is 4.22. The van der Waals surface area contributed by atoms with Crippen LogP contribution < -0.4 is 10.6 Å². The lowest BCUT2D eigenvalue weighted by atomic mass is 9.78. The van der Waals surface area contributed by atoms with Crippen molar-refractivity contribution in [3.63, 3.8) is 0 Å². The summed E-state index contributed by atoms with van der Waals surface area (Å²) in [7, 11) is -3.26. The molecule has 1 aromatic rings. The molecule has 1 aliphatic rings. The molecule has 2 N–H and O–H groups in total. The van der Waals surface area contributed by atoms with E-state index in [1.54, 1.807) is 24.3 Å². The van der Waals surface area contributed by atoms with Gasteiger partial charge in [-0.3, -0.25) is 9.59 Å². The van der Waals surface area contributed by atoms with Gasteiger partial charge in [-0.15, -0.1) is 0 Å². The van der Waals surface area contributed by atoms with Crippen molar-refractivity contribution < 1.29 is 18.0 Å². The summed E-state index contributed by atoms with van der Waals surface area (Å²) >= 11 is 5.84. The molecule has 28 heavy (non-hydrogen) atoms. The minimum atomic E-state index is -3.26. The molecule has 1 aliphatic carbocycles. The number of rotatable bonds is 7. The minimum absolute atomic E-state index is 0.0284. The summed E-state index contributed by atoms with van der Waals surface area (Å²) in [5.74, 6) is -0.104. The van der Waals surface area contributed by atoms with Crippen molar-refractivity contribution in [2.24, 2.45) is 11.8 Å². The Morgan fingerprint density at radius 1 is 1.18 bits per heavy atom. The van der Waals surface area contributed by atoms with Crippen molar-refractivity contribution in [2.75, 3.05) is 12.0 Å². The second-order valence-electron chi connectivity index (χ2n) is 7.83. The van der Waals surface area contributed by atoms with Gasteiger partial charge in [0.25, 0.3) is 5.91 Å². The highest BCUT2D eigenvalue weighted by Crippen LogP contribution is 2.29. The van der Waals surface area contributed by atoms with E-state index in [0.29, 0.717) is 22.4 Å². The third kappa shape index (κ3) is 6.78. The second kappa shape index (κ2) is 9.74. The smallest absolute Gasteiger partial charge is 0.251 e. The maximum Gasteiger partial charge on any atom is 0.251 e. The highest BCUT2D eigenvalue weighted by atomic mass is 35.5. The lowest BCUT2D eigenvalue weighted by Crippen LogP contribution is -2.52. The first-order chi connectivity index (χ1) is 13.1. The first-order valence-corrected chi connectivity index (χ1v) is 12.0. The number of carbonyl (C=O) groups is 2. The fourth-order valence-electron chi connectivity index (χ4n) is 3.51. The number of hydrogen-bond donors (Lipinski definition) is 2. The van der Waals surface area contributed by atoms with Gasteiger partial charge in [-0.1, -0.05) is 38.3 Å². The van der Waals surface area contributed by atoms with E-state index in [-0.39, 0.29) is 24.1 Å². The zero-order chi connectivity index (χ0) is 20.9. The Morgan fingerprint density at radius 3 is 2.43 bits per heavy atom. The van der Waals surface area contributed by atoms with Crippen molar-refractivity contribution in [1.82, 2.24) is 10.6 Å². The molecule has 0 radical (unpaired) electrons. The van der Waals surface area contributed by atoms with Crippen molar-refractivity contribution in [2.45, 2.75) is 51.6 Å². The molecular formula is C20H29ClN2O4S. The van der Waals surface area contributed by atoms with Crippen molar-refractivity contribution in [3.05, 3.63) is 34.9 Å². The summed E-state index contributed by atoms with van der Waals surface area (Å²) in [5, 5.41) is 6.22. The number of amides is 2. The molecule has 2 rings (SSSR count). The van der Waals surface area contributed by atoms with Crippen LogP contribution in [0.25, 0.3) is 0 Å². The van der Waals surface area contributed by atoms with E-state index >= 15 is 0 Å². The van der Waals surface area contributed by atoms with E-state index in [1.165, 1.54) is 0 Å². The third-order valence-electron chi connectivity index (χ3n) is 5.54. The second-order valence-corrected chi connectivity index (χ2v) is 10.5. The normalized spacial score (nSPS) is 23.6. The molecule has 0 spiro atoms. The van der Waals surface area contributed by atoms with Gasteiger partial charge in [-0.25, -0.2) is 8.42 Å². The molecular weight excluding hydrogens is 400 g/mol. The highest BCUT2D eigenvalue weighted by Gasteiger charge is 2.31. The van der Waals surface area contributed by atoms with Crippen LogP contribution in [0.5, 0.6) is 0 Å². The quantitative estimate of drug-likeness (QED) is 0.698. The van der Waals surface area contributed by atoms with Crippen LogP contribution >= 0.6 is 11.6 Å². The Hall–Kier alpha value is -1.60. The Morgan fingerprint density at radius 2 is 1.82 bits per heavy atom. The van der Waals surface area contributed by atoms with Gasteiger partial charge in [0.15, 0.2) is 0 Å². The highest BCUT2D eigenvalue weighted by molar-refractivity contribution is 7.90. The zero-order valence-corrected chi connectivity index (χ0v) is 18.1. The van der Waals surface area contributed by atoms with Gasteiger partial charge in [-0.05, 0) is 48.9 Å². The van der Waals surface area contributed by atoms with Crippen molar-refractivity contribution in [3.8, 4) is 0 Å². The predicted octanol–water partition coefficient (Wildman–Crippen LogP) is 2.81. The molecule has 1 fully saturated rings. The molecule has 0 aliphatic heterocycles. The number of nitrogens with one attached hydrogen (secondary N) is 2. The van der Waals surface area contributed by atoms with Crippen LogP contribution in [0.15, 0.2) is 24.3 Å². The van der Waals surface area contributed by atoms with E-state index in [2.05, 4.69) is 24.5 Å². The van der Waals surface area contributed by atoms with E-state index in [9.17, 15) is 18.0 Å². The Balaban J connectivity index is 2.09. The van der Waals surface area contributed by atoms with Crippen LogP contribution in [0.2, 0.25) is 5.02 Å². The maximum atomic E-state index is 12.9. The van der Waals surface area contributed by atoms with E-state index in [1.807, 2.05) is 0 Å². The van der Waals surface area contributed by atoms with Crippen LogP contribution in [0.4, 0.5) is 0 Å². The Labute approximate surface area is 172 Å². The molecule has 1 aromatic carbocycles. The number of benzene rings is 1. The van der Waals surface area contributed by atoms with E-state index in [4.69, 9.17) is 11.6 Å². The van der Waals surface area contributed by atoms with Crippen LogP contribution in [0.1, 0.15) is 49.9 Å². The average Bonchev–Trinajstić information content (AvgIpc) is 2.62. The van der Waals surface area contributed by atoms with E-state index in [0.717, 1.165) is 25.5 Å². The van der Waals surface area contributed by atoms with Gasteiger partial charge in [0, 0.05) is 22.9 Å². The molecule has 4 unspecified atom stereocenters. The summed E-state index contributed by atoms with van der Waals surface area (Å²) in [6.45, 7) is 4.29. The van der Waals surface area contributed by atoms with E-state index < -0.39 is 21.8 Å². The summed E-state index contributed by atoms with van der Waals surface area (Å²) in [4.78, 5) is 25.4. The molecule has 0 saturated heterocycles. The largest absolute Gasteiger partial charge is 0.351 e. The molecule has 2 amide bonds. The van der Waals surface area contributed by atoms with Gasteiger partial charge in [0.05, 0.1) is 5.75 Å². The van der Waals surface area contributed by atoms with Crippen LogP contribution in [0.3, 0.4) is 0 Å². The molecule has 8 heteroatoms. The summed E-state index contributed by atoms with van der Waals surface area (Å²) in [5.41, 5.74) is 0.362. The van der Waals surface area contributed by atoms with Gasteiger partial charge >= 0.3 is 0 Å². The maximum absolute atomic E-state index is 12.9. The van der Waals surface area contributed by atoms with Gasteiger partial charge < -0.3 is 10.6 Å². The SMILES string of the molecule is CC1CCCC(NC(=O)C(CCS(C)(=O)=O)NC(=O)c2ccc(Cl)cc2)C1C. The lowest BCUT2D eigenvalue weighted by molar-refractivity contribution is -0.124. The molecule has 0 bridgehead atoms. The van der Waals surface area contributed by atoms with Crippen molar-refractivity contribution in [1.29, 1.82) is 0 Å². The Kier molecular flexibility index (Phi) is 7.89. The first kappa shape index (κ1) is 22.7. The van der Waals surface area contributed by atoms with Gasteiger partial charge in [-0.2, -0.15) is 0 Å². The third-order valence-corrected chi connectivity index (χ3v) is 6.77. The van der Waals surface area contributed by atoms with Crippen molar-refractivity contribution >= 4 is 33.3 Å². The predicted molar refractivity (Wildman–Crippen MR) is 111 cm³/mol. The van der Waals surface area contributed by atoms with Gasteiger partial charge in [0.1, 0.15) is 15.9 Å².